The minimum Gasteiger partial charge on any atom is -0.355 e. The van der Waals surface area contributed by atoms with Gasteiger partial charge >= 0.3 is 0 Å². The van der Waals surface area contributed by atoms with Crippen molar-refractivity contribution < 1.29 is 14.4 Å². The van der Waals surface area contributed by atoms with Crippen LogP contribution in [-0.2, 0) is 20.9 Å². The first kappa shape index (κ1) is 20.3. The van der Waals surface area contributed by atoms with Crippen molar-refractivity contribution in [2.45, 2.75) is 26.3 Å². The summed E-state index contributed by atoms with van der Waals surface area (Å²) >= 11 is 0. The Morgan fingerprint density at radius 2 is 1.89 bits per heavy atom. The van der Waals surface area contributed by atoms with Crippen LogP contribution in [-0.4, -0.2) is 78.2 Å². The van der Waals surface area contributed by atoms with E-state index in [0.29, 0.717) is 52.2 Å². The van der Waals surface area contributed by atoms with Crippen molar-refractivity contribution in [1.82, 2.24) is 20.0 Å². The van der Waals surface area contributed by atoms with Gasteiger partial charge in [0, 0.05) is 52.2 Å². The first-order chi connectivity index (χ1) is 13.6. The molecule has 0 aliphatic carbocycles. The average Bonchev–Trinajstić information content (AvgIpc) is 2.89. The maximum atomic E-state index is 13.0. The number of nitrogens with one attached hydrogen (secondary N) is 1. The minimum absolute atomic E-state index is 0.0280. The number of hydrogen-bond donors (Lipinski definition) is 1. The van der Waals surface area contributed by atoms with Gasteiger partial charge in [0.1, 0.15) is 0 Å². The number of amides is 3. The quantitative estimate of drug-likeness (QED) is 0.781. The first-order valence-electron chi connectivity index (χ1n) is 10.2. The topological polar surface area (TPSA) is 73.0 Å². The summed E-state index contributed by atoms with van der Waals surface area (Å²) < 4.78 is 0. The Kier molecular flexibility index (Phi) is 7.03. The molecule has 28 heavy (non-hydrogen) atoms. The Bertz CT molecular complexity index is 694. The van der Waals surface area contributed by atoms with Gasteiger partial charge in [-0.15, -0.1) is 0 Å². The Balaban J connectivity index is 1.51. The van der Waals surface area contributed by atoms with Crippen LogP contribution >= 0.6 is 0 Å². The molecule has 0 radical (unpaired) electrons. The SMILES string of the molecule is CCNC(=O)CN1CCCN(C(=O)C2CC(=O)N(Cc3ccccc3)C2)CC1. The van der Waals surface area contributed by atoms with E-state index in [1.54, 1.807) is 4.90 Å². The summed E-state index contributed by atoms with van der Waals surface area (Å²) in [6.07, 6.45) is 1.14. The number of carbonyl (C=O) groups excluding carboxylic acids is 3. The summed E-state index contributed by atoms with van der Waals surface area (Å²) in [4.78, 5) is 42.9. The molecule has 7 nitrogen and oxygen atoms in total. The summed E-state index contributed by atoms with van der Waals surface area (Å²) in [6.45, 7) is 6.77. The van der Waals surface area contributed by atoms with Crippen LogP contribution in [0.5, 0.6) is 0 Å². The second-order valence-electron chi connectivity index (χ2n) is 7.57. The van der Waals surface area contributed by atoms with Gasteiger partial charge < -0.3 is 15.1 Å². The maximum absolute atomic E-state index is 13.0. The average molecular weight is 386 g/mol. The number of benzene rings is 1. The molecule has 2 aliphatic rings. The number of carbonyl (C=O) groups is 3. The maximum Gasteiger partial charge on any atom is 0.234 e. The van der Waals surface area contributed by atoms with Gasteiger partial charge in [0.25, 0.3) is 0 Å². The third-order valence-corrected chi connectivity index (χ3v) is 5.42. The fourth-order valence-electron chi connectivity index (χ4n) is 3.96. The highest BCUT2D eigenvalue weighted by Gasteiger charge is 2.36. The van der Waals surface area contributed by atoms with Gasteiger partial charge in [0.15, 0.2) is 0 Å². The van der Waals surface area contributed by atoms with Crippen molar-refractivity contribution in [2.75, 3.05) is 45.8 Å². The fourth-order valence-corrected chi connectivity index (χ4v) is 3.96. The van der Waals surface area contributed by atoms with Gasteiger partial charge in [0.2, 0.25) is 17.7 Å². The normalized spacial score (nSPS) is 20.9. The van der Waals surface area contributed by atoms with E-state index in [4.69, 9.17) is 0 Å². The van der Waals surface area contributed by atoms with Crippen LogP contribution in [0, 0.1) is 5.92 Å². The van der Waals surface area contributed by atoms with E-state index < -0.39 is 0 Å². The lowest BCUT2D eigenvalue weighted by molar-refractivity contribution is -0.135. The van der Waals surface area contributed by atoms with Crippen molar-refractivity contribution >= 4 is 17.7 Å². The van der Waals surface area contributed by atoms with Gasteiger partial charge in [-0.3, -0.25) is 19.3 Å². The van der Waals surface area contributed by atoms with E-state index >= 15 is 0 Å². The highest BCUT2D eigenvalue weighted by atomic mass is 16.2. The molecule has 2 saturated heterocycles. The molecule has 0 aromatic heterocycles. The molecule has 2 heterocycles. The Morgan fingerprint density at radius 1 is 1.11 bits per heavy atom. The van der Waals surface area contributed by atoms with Crippen LogP contribution < -0.4 is 5.32 Å². The number of rotatable bonds is 6. The summed E-state index contributed by atoms with van der Waals surface area (Å²) in [6, 6.07) is 9.88. The van der Waals surface area contributed by atoms with Gasteiger partial charge in [0.05, 0.1) is 12.5 Å². The molecule has 0 bridgehead atoms. The monoisotopic (exact) mass is 386 g/mol. The van der Waals surface area contributed by atoms with Crippen LogP contribution in [0.3, 0.4) is 0 Å². The number of likely N-dealkylation sites (tertiary alicyclic amines) is 1. The molecule has 1 N–H and O–H groups in total. The molecular formula is C21H30N4O3. The first-order valence-corrected chi connectivity index (χ1v) is 10.2. The molecule has 2 fully saturated rings. The lowest BCUT2D eigenvalue weighted by Gasteiger charge is -2.24. The smallest absolute Gasteiger partial charge is 0.234 e. The number of hydrogen-bond acceptors (Lipinski definition) is 4. The molecule has 1 aromatic rings. The highest BCUT2D eigenvalue weighted by Crippen LogP contribution is 2.23. The van der Waals surface area contributed by atoms with Crippen LogP contribution in [0.1, 0.15) is 25.3 Å². The fraction of sp³-hybridized carbons (Fsp3) is 0.571. The van der Waals surface area contributed by atoms with Crippen molar-refractivity contribution in [1.29, 1.82) is 0 Å². The Hall–Kier alpha value is -2.41. The van der Waals surface area contributed by atoms with E-state index in [0.717, 1.165) is 18.5 Å². The second kappa shape index (κ2) is 9.68. The zero-order valence-electron chi connectivity index (χ0n) is 16.6. The van der Waals surface area contributed by atoms with Gasteiger partial charge in [-0.05, 0) is 18.9 Å². The van der Waals surface area contributed by atoms with E-state index in [-0.39, 0.29) is 23.6 Å². The van der Waals surface area contributed by atoms with Crippen LogP contribution in [0.2, 0.25) is 0 Å². The van der Waals surface area contributed by atoms with E-state index in [2.05, 4.69) is 10.2 Å². The summed E-state index contributed by atoms with van der Waals surface area (Å²) in [5, 5.41) is 2.82. The van der Waals surface area contributed by atoms with Crippen molar-refractivity contribution in [2.24, 2.45) is 5.92 Å². The van der Waals surface area contributed by atoms with E-state index in [1.807, 2.05) is 42.2 Å². The molecule has 3 rings (SSSR count). The molecule has 1 unspecified atom stereocenters. The lowest BCUT2D eigenvalue weighted by atomic mass is 10.1. The molecule has 2 aliphatic heterocycles. The zero-order valence-corrected chi connectivity index (χ0v) is 16.6. The predicted molar refractivity (Wildman–Crippen MR) is 106 cm³/mol. The lowest BCUT2D eigenvalue weighted by Crippen LogP contribution is -2.41. The van der Waals surface area contributed by atoms with Crippen LogP contribution in [0.4, 0.5) is 0 Å². The molecule has 3 amide bonds. The van der Waals surface area contributed by atoms with Crippen LogP contribution in [0.15, 0.2) is 30.3 Å². The molecule has 7 heteroatoms. The Morgan fingerprint density at radius 3 is 2.64 bits per heavy atom. The third-order valence-electron chi connectivity index (χ3n) is 5.42. The number of nitrogens with zero attached hydrogens (tertiary/aromatic N) is 3. The van der Waals surface area contributed by atoms with Gasteiger partial charge in [-0.2, -0.15) is 0 Å². The van der Waals surface area contributed by atoms with E-state index in [1.165, 1.54) is 0 Å². The molecule has 1 aromatic carbocycles. The highest BCUT2D eigenvalue weighted by molar-refractivity contribution is 5.89. The van der Waals surface area contributed by atoms with Crippen molar-refractivity contribution in [3.8, 4) is 0 Å². The Labute approximate surface area is 166 Å². The van der Waals surface area contributed by atoms with Crippen LogP contribution in [0.25, 0.3) is 0 Å². The van der Waals surface area contributed by atoms with Gasteiger partial charge in [-0.25, -0.2) is 0 Å². The molecule has 1 atom stereocenters. The predicted octanol–water partition coefficient (Wildman–Crippen LogP) is 0.706. The minimum atomic E-state index is -0.258. The molecule has 0 saturated carbocycles. The summed E-state index contributed by atoms with van der Waals surface area (Å²) in [5.41, 5.74) is 1.08. The second-order valence-corrected chi connectivity index (χ2v) is 7.57. The van der Waals surface area contributed by atoms with Crippen molar-refractivity contribution in [3.05, 3.63) is 35.9 Å². The van der Waals surface area contributed by atoms with E-state index in [9.17, 15) is 14.4 Å². The zero-order chi connectivity index (χ0) is 19.9. The standard InChI is InChI=1S/C21H30N4O3/c1-2-22-19(26)16-23-9-6-10-24(12-11-23)21(28)18-13-20(27)25(15-18)14-17-7-4-3-5-8-17/h3-5,7-8,18H,2,6,9-16H2,1H3,(H,22,26). The summed E-state index contributed by atoms with van der Waals surface area (Å²) in [5.74, 6) is -0.106. The largest absolute Gasteiger partial charge is 0.355 e. The molecule has 152 valence electrons. The number of likely N-dealkylation sites (N-methyl/N-ethyl adjacent to an activating group) is 1. The third kappa shape index (κ3) is 5.32. The van der Waals surface area contributed by atoms with Gasteiger partial charge in [-0.1, -0.05) is 30.3 Å². The molecule has 0 spiro atoms. The summed E-state index contributed by atoms with van der Waals surface area (Å²) in [7, 11) is 0. The molecular weight excluding hydrogens is 356 g/mol. The van der Waals surface area contributed by atoms with Crippen molar-refractivity contribution in [3.63, 3.8) is 0 Å².